The molecule has 1 N–H and O–H groups in total. The Hall–Kier alpha value is -2.71. The molecule has 152 valence electrons. The minimum Gasteiger partial charge on any atom is -0.497 e. The summed E-state index contributed by atoms with van der Waals surface area (Å²) in [6.45, 7) is 0. The van der Waals surface area contributed by atoms with Crippen molar-refractivity contribution in [1.29, 1.82) is 0 Å². The molecule has 1 amide bonds. The number of methoxy groups -OCH3 is 3. The molecule has 0 fully saturated rings. The van der Waals surface area contributed by atoms with Gasteiger partial charge in [-0.25, -0.2) is 4.98 Å². The molecule has 0 saturated heterocycles. The molecule has 0 unspecified atom stereocenters. The highest BCUT2D eigenvalue weighted by atomic mass is 32.2. The van der Waals surface area contributed by atoms with E-state index in [2.05, 4.69) is 10.3 Å². The first-order chi connectivity index (χ1) is 14.1. The molecule has 1 aromatic heterocycles. The van der Waals surface area contributed by atoms with Crippen LogP contribution in [0.4, 0.5) is 5.13 Å². The molecule has 0 aliphatic rings. The summed E-state index contributed by atoms with van der Waals surface area (Å²) in [4.78, 5) is 17.9. The number of anilines is 1. The zero-order valence-corrected chi connectivity index (χ0v) is 18.1. The van der Waals surface area contributed by atoms with Crippen molar-refractivity contribution in [2.24, 2.45) is 0 Å². The average molecular weight is 431 g/mol. The van der Waals surface area contributed by atoms with Crippen molar-refractivity contribution in [3.63, 3.8) is 0 Å². The molecule has 3 rings (SSSR count). The van der Waals surface area contributed by atoms with Crippen LogP contribution in [0.3, 0.4) is 0 Å². The number of amides is 1. The lowest BCUT2D eigenvalue weighted by atomic mass is 10.1. The molecule has 29 heavy (non-hydrogen) atoms. The fraction of sp³-hybridized carbons (Fsp3) is 0.238. The largest absolute Gasteiger partial charge is 0.497 e. The van der Waals surface area contributed by atoms with E-state index in [-0.39, 0.29) is 5.91 Å². The predicted octanol–water partition coefficient (Wildman–Crippen LogP) is 4.96. The summed E-state index contributed by atoms with van der Waals surface area (Å²) < 4.78 is 15.8. The summed E-state index contributed by atoms with van der Waals surface area (Å²) in [5, 5.41) is 5.31. The lowest BCUT2D eigenvalue weighted by Crippen LogP contribution is -2.11. The van der Waals surface area contributed by atoms with E-state index in [1.807, 2.05) is 47.8 Å². The number of rotatable bonds is 9. The van der Waals surface area contributed by atoms with Gasteiger partial charge >= 0.3 is 0 Å². The fourth-order valence-corrected chi connectivity index (χ4v) is 4.16. The second-order valence-electron chi connectivity index (χ2n) is 5.93. The third-order valence-electron chi connectivity index (χ3n) is 4.09. The topological polar surface area (TPSA) is 69.7 Å². The number of aromatic nitrogens is 1. The van der Waals surface area contributed by atoms with Gasteiger partial charge in [-0.15, -0.1) is 23.1 Å². The van der Waals surface area contributed by atoms with Gasteiger partial charge in [-0.05, 0) is 42.5 Å². The third-order valence-corrected chi connectivity index (χ3v) is 5.86. The number of ether oxygens (including phenoxy) is 3. The molecular weight excluding hydrogens is 408 g/mol. The van der Waals surface area contributed by atoms with Gasteiger partial charge < -0.3 is 19.5 Å². The minimum atomic E-state index is -0.0653. The minimum absolute atomic E-state index is 0.0653. The van der Waals surface area contributed by atoms with Gasteiger partial charge in [0.05, 0.1) is 27.0 Å². The molecule has 0 bridgehead atoms. The predicted molar refractivity (Wildman–Crippen MR) is 118 cm³/mol. The van der Waals surface area contributed by atoms with Crippen LogP contribution in [-0.4, -0.2) is 38.0 Å². The summed E-state index contributed by atoms with van der Waals surface area (Å²) in [6.07, 6.45) is 0.397. The Morgan fingerprint density at radius 2 is 1.76 bits per heavy atom. The van der Waals surface area contributed by atoms with Crippen LogP contribution in [0.15, 0.2) is 52.7 Å². The summed E-state index contributed by atoms with van der Waals surface area (Å²) >= 11 is 3.00. The van der Waals surface area contributed by atoms with Crippen LogP contribution in [0.25, 0.3) is 11.3 Å². The van der Waals surface area contributed by atoms with E-state index >= 15 is 0 Å². The molecule has 3 aromatic rings. The molecule has 8 heteroatoms. The molecule has 0 aliphatic heterocycles. The Bertz CT molecular complexity index is 958. The second-order valence-corrected chi connectivity index (χ2v) is 7.95. The van der Waals surface area contributed by atoms with Crippen LogP contribution in [0, 0.1) is 0 Å². The summed E-state index contributed by atoms with van der Waals surface area (Å²) in [7, 11) is 4.87. The Balaban J connectivity index is 1.56. The zero-order chi connectivity index (χ0) is 20.6. The molecule has 0 aliphatic carbocycles. The fourth-order valence-electron chi connectivity index (χ4n) is 2.58. The molecule has 2 aromatic carbocycles. The molecule has 0 atom stereocenters. The van der Waals surface area contributed by atoms with Crippen molar-refractivity contribution in [1.82, 2.24) is 4.98 Å². The van der Waals surface area contributed by atoms with E-state index in [9.17, 15) is 4.79 Å². The number of hydrogen-bond donors (Lipinski definition) is 1. The second kappa shape index (κ2) is 10.2. The number of thioether (sulfide) groups is 1. The van der Waals surface area contributed by atoms with E-state index in [0.29, 0.717) is 23.1 Å². The van der Waals surface area contributed by atoms with Crippen molar-refractivity contribution in [2.75, 3.05) is 32.4 Å². The van der Waals surface area contributed by atoms with Crippen molar-refractivity contribution in [2.45, 2.75) is 11.3 Å². The lowest BCUT2D eigenvalue weighted by molar-refractivity contribution is -0.115. The van der Waals surface area contributed by atoms with E-state index < -0.39 is 0 Å². The number of thiazole rings is 1. The van der Waals surface area contributed by atoms with E-state index in [1.165, 1.54) is 11.3 Å². The van der Waals surface area contributed by atoms with Gasteiger partial charge in [0.15, 0.2) is 5.13 Å². The van der Waals surface area contributed by atoms with E-state index in [4.69, 9.17) is 14.2 Å². The van der Waals surface area contributed by atoms with Gasteiger partial charge in [-0.3, -0.25) is 4.79 Å². The molecule has 0 saturated carbocycles. The van der Waals surface area contributed by atoms with Crippen molar-refractivity contribution < 1.29 is 19.0 Å². The van der Waals surface area contributed by atoms with Crippen molar-refractivity contribution in [3.8, 4) is 28.5 Å². The van der Waals surface area contributed by atoms with Crippen LogP contribution < -0.4 is 19.5 Å². The molecule has 0 spiro atoms. The van der Waals surface area contributed by atoms with Crippen LogP contribution in [-0.2, 0) is 4.79 Å². The maximum absolute atomic E-state index is 12.2. The SMILES string of the molecule is COc1ccc(SCCC(=O)Nc2nc(-c3cc(OC)ccc3OC)cs2)cc1. The van der Waals surface area contributed by atoms with E-state index in [1.54, 1.807) is 33.1 Å². The lowest BCUT2D eigenvalue weighted by Gasteiger charge is -2.08. The smallest absolute Gasteiger partial charge is 0.226 e. The first-order valence-electron chi connectivity index (χ1n) is 8.87. The highest BCUT2D eigenvalue weighted by molar-refractivity contribution is 7.99. The number of carbonyl (C=O) groups is 1. The molecule has 0 radical (unpaired) electrons. The summed E-state index contributed by atoms with van der Waals surface area (Å²) in [5.74, 6) is 2.85. The Labute approximate surface area is 178 Å². The van der Waals surface area contributed by atoms with Gasteiger partial charge in [-0.1, -0.05) is 0 Å². The quantitative estimate of drug-likeness (QED) is 0.484. The standard InChI is InChI=1S/C21H22N2O4S2/c1-25-14-4-7-16(8-5-14)28-11-10-20(24)23-21-22-18(13-29-21)17-12-15(26-2)6-9-19(17)27-3/h4-9,12-13H,10-11H2,1-3H3,(H,22,23,24). The number of benzene rings is 2. The van der Waals surface area contributed by atoms with Crippen molar-refractivity contribution >= 4 is 34.1 Å². The number of nitrogens with zero attached hydrogens (tertiary/aromatic N) is 1. The molecule has 1 heterocycles. The van der Waals surface area contributed by atoms with Gasteiger partial charge in [0, 0.05) is 28.0 Å². The normalized spacial score (nSPS) is 10.4. The molecular formula is C21H22N2O4S2. The Kier molecular flexibility index (Phi) is 7.37. The van der Waals surface area contributed by atoms with Gasteiger partial charge in [0.25, 0.3) is 0 Å². The van der Waals surface area contributed by atoms with Crippen LogP contribution >= 0.6 is 23.1 Å². The maximum atomic E-state index is 12.2. The first kappa shape index (κ1) is 21.0. The monoisotopic (exact) mass is 430 g/mol. The summed E-state index contributed by atoms with van der Waals surface area (Å²) in [6, 6.07) is 13.3. The average Bonchev–Trinajstić information content (AvgIpc) is 3.22. The number of nitrogens with one attached hydrogen (secondary N) is 1. The van der Waals surface area contributed by atoms with Gasteiger partial charge in [0.2, 0.25) is 5.91 Å². The highest BCUT2D eigenvalue weighted by Crippen LogP contribution is 2.35. The Morgan fingerprint density at radius 3 is 2.45 bits per heavy atom. The third kappa shape index (κ3) is 5.65. The van der Waals surface area contributed by atoms with Crippen LogP contribution in [0.1, 0.15) is 6.42 Å². The summed E-state index contributed by atoms with van der Waals surface area (Å²) in [5.41, 5.74) is 1.55. The van der Waals surface area contributed by atoms with Crippen LogP contribution in [0.5, 0.6) is 17.2 Å². The maximum Gasteiger partial charge on any atom is 0.226 e. The van der Waals surface area contributed by atoms with E-state index in [0.717, 1.165) is 27.7 Å². The number of carbonyl (C=O) groups excluding carboxylic acids is 1. The molecule has 6 nitrogen and oxygen atoms in total. The zero-order valence-electron chi connectivity index (χ0n) is 16.4. The van der Waals surface area contributed by atoms with Gasteiger partial charge in [-0.2, -0.15) is 0 Å². The van der Waals surface area contributed by atoms with Crippen molar-refractivity contribution in [3.05, 3.63) is 47.8 Å². The highest BCUT2D eigenvalue weighted by Gasteiger charge is 2.13. The first-order valence-corrected chi connectivity index (χ1v) is 10.7. The van der Waals surface area contributed by atoms with Crippen LogP contribution in [0.2, 0.25) is 0 Å². The van der Waals surface area contributed by atoms with Gasteiger partial charge in [0.1, 0.15) is 17.2 Å². The Morgan fingerprint density at radius 1 is 1.03 bits per heavy atom. The number of hydrogen-bond acceptors (Lipinski definition) is 7.